The van der Waals surface area contributed by atoms with Crippen LogP contribution in [0.2, 0.25) is 0 Å². The molecule has 0 aromatic heterocycles. The van der Waals surface area contributed by atoms with E-state index in [1.165, 1.54) is 11.1 Å². The van der Waals surface area contributed by atoms with Gasteiger partial charge in [0.15, 0.2) is 11.5 Å². The zero-order chi connectivity index (χ0) is 19.2. The Bertz CT molecular complexity index is 751. The predicted octanol–water partition coefficient (Wildman–Crippen LogP) is 3.05. The molecule has 0 radical (unpaired) electrons. The normalized spacial score (nSPS) is 18.3. The van der Waals surface area contributed by atoms with Crippen LogP contribution in [0.25, 0.3) is 0 Å². The number of fused-ring (bicyclic) bond motifs is 1. The summed E-state index contributed by atoms with van der Waals surface area (Å²) in [5.74, 6) is 1.72. The van der Waals surface area contributed by atoms with E-state index in [1.54, 1.807) is 0 Å². The molecule has 2 heterocycles. The first kappa shape index (κ1) is 19.6. The van der Waals surface area contributed by atoms with Gasteiger partial charge >= 0.3 is 0 Å². The van der Waals surface area contributed by atoms with E-state index in [4.69, 9.17) is 26.8 Å². The SMILES string of the molecule is S[C@@H](COCc1ccccc1)CN1CCN(Cc2ccc3c(c2)OCO3)CC1. The Labute approximate surface area is 172 Å². The molecule has 2 aliphatic rings. The molecule has 1 saturated heterocycles. The Balaban J connectivity index is 1.15. The van der Waals surface area contributed by atoms with Crippen molar-refractivity contribution >= 4 is 12.6 Å². The van der Waals surface area contributed by atoms with Crippen molar-refractivity contribution in [2.24, 2.45) is 0 Å². The molecule has 2 aromatic rings. The average Bonchev–Trinajstić information content (AvgIpc) is 3.18. The van der Waals surface area contributed by atoms with E-state index in [0.717, 1.165) is 50.8 Å². The minimum Gasteiger partial charge on any atom is -0.454 e. The van der Waals surface area contributed by atoms with Crippen molar-refractivity contribution in [2.45, 2.75) is 18.4 Å². The molecule has 2 aliphatic heterocycles. The van der Waals surface area contributed by atoms with Gasteiger partial charge in [-0.3, -0.25) is 9.80 Å². The van der Waals surface area contributed by atoms with Crippen LogP contribution < -0.4 is 9.47 Å². The molecular weight excluding hydrogens is 372 g/mol. The molecule has 1 atom stereocenters. The molecule has 0 amide bonds. The van der Waals surface area contributed by atoms with Crippen molar-refractivity contribution in [1.29, 1.82) is 0 Å². The first-order valence-electron chi connectivity index (χ1n) is 9.89. The summed E-state index contributed by atoms with van der Waals surface area (Å²) in [6, 6.07) is 16.5. The summed E-state index contributed by atoms with van der Waals surface area (Å²) >= 11 is 4.72. The summed E-state index contributed by atoms with van der Waals surface area (Å²) < 4.78 is 16.7. The fourth-order valence-electron chi connectivity index (χ4n) is 3.67. The van der Waals surface area contributed by atoms with Crippen LogP contribution in [0.5, 0.6) is 11.5 Å². The molecule has 5 nitrogen and oxygen atoms in total. The van der Waals surface area contributed by atoms with Crippen LogP contribution in [-0.4, -0.2) is 61.2 Å². The second-order valence-electron chi connectivity index (χ2n) is 7.42. The zero-order valence-electron chi connectivity index (χ0n) is 16.1. The van der Waals surface area contributed by atoms with E-state index in [2.05, 4.69) is 34.1 Å². The fourth-order valence-corrected chi connectivity index (χ4v) is 4.00. The highest BCUT2D eigenvalue weighted by Crippen LogP contribution is 2.32. The number of piperazine rings is 1. The molecule has 2 aromatic carbocycles. The average molecular weight is 401 g/mol. The quantitative estimate of drug-likeness (QED) is 0.689. The molecule has 0 bridgehead atoms. The van der Waals surface area contributed by atoms with Gasteiger partial charge in [0.05, 0.1) is 13.2 Å². The Morgan fingerprint density at radius 2 is 1.64 bits per heavy atom. The van der Waals surface area contributed by atoms with Gasteiger partial charge in [-0.1, -0.05) is 36.4 Å². The topological polar surface area (TPSA) is 34.2 Å². The van der Waals surface area contributed by atoms with Crippen LogP contribution in [0.3, 0.4) is 0 Å². The largest absolute Gasteiger partial charge is 0.454 e. The van der Waals surface area contributed by atoms with E-state index in [-0.39, 0.29) is 5.25 Å². The number of rotatable bonds is 8. The lowest BCUT2D eigenvalue weighted by molar-refractivity contribution is 0.0941. The van der Waals surface area contributed by atoms with E-state index in [9.17, 15) is 0 Å². The number of ether oxygens (including phenoxy) is 3. The lowest BCUT2D eigenvalue weighted by Crippen LogP contribution is -2.48. The monoisotopic (exact) mass is 400 g/mol. The van der Waals surface area contributed by atoms with Gasteiger partial charge in [-0.2, -0.15) is 12.6 Å². The highest BCUT2D eigenvalue weighted by Gasteiger charge is 2.20. The van der Waals surface area contributed by atoms with Crippen molar-refractivity contribution in [1.82, 2.24) is 9.80 Å². The van der Waals surface area contributed by atoms with E-state index in [1.807, 2.05) is 24.3 Å². The number of thiol groups is 1. The van der Waals surface area contributed by atoms with Gasteiger partial charge in [0.25, 0.3) is 0 Å². The van der Waals surface area contributed by atoms with Gasteiger partial charge in [0, 0.05) is 44.5 Å². The van der Waals surface area contributed by atoms with Crippen LogP contribution >= 0.6 is 12.6 Å². The van der Waals surface area contributed by atoms with Gasteiger partial charge in [-0.05, 0) is 23.3 Å². The molecule has 150 valence electrons. The molecular formula is C22H28N2O3S. The van der Waals surface area contributed by atoms with Gasteiger partial charge in [-0.25, -0.2) is 0 Å². The molecule has 0 saturated carbocycles. The first-order valence-corrected chi connectivity index (χ1v) is 10.4. The van der Waals surface area contributed by atoms with Gasteiger partial charge in [0.2, 0.25) is 6.79 Å². The van der Waals surface area contributed by atoms with Crippen molar-refractivity contribution in [3.05, 3.63) is 59.7 Å². The summed E-state index contributed by atoms with van der Waals surface area (Å²) in [7, 11) is 0. The van der Waals surface area contributed by atoms with E-state index < -0.39 is 0 Å². The molecule has 4 rings (SSSR count). The minimum atomic E-state index is 0.240. The van der Waals surface area contributed by atoms with Crippen molar-refractivity contribution < 1.29 is 14.2 Å². The van der Waals surface area contributed by atoms with Crippen molar-refractivity contribution in [2.75, 3.05) is 46.1 Å². The van der Waals surface area contributed by atoms with Crippen LogP contribution in [0.1, 0.15) is 11.1 Å². The molecule has 1 fully saturated rings. The maximum absolute atomic E-state index is 5.82. The van der Waals surface area contributed by atoms with Crippen LogP contribution in [-0.2, 0) is 17.9 Å². The summed E-state index contributed by atoms with van der Waals surface area (Å²) in [4.78, 5) is 4.98. The van der Waals surface area contributed by atoms with Crippen molar-refractivity contribution in [3.8, 4) is 11.5 Å². The van der Waals surface area contributed by atoms with Crippen LogP contribution in [0.4, 0.5) is 0 Å². The van der Waals surface area contributed by atoms with Crippen molar-refractivity contribution in [3.63, 3.8) is 0 Å². The van der Waals surface area contributed by atoms with E-state index in [0.29, 0.717) is 20.0 Å². The number of hydrogen-bond acceptors (Lipinski definition) is 6. The maximum Gasteiger partial charge on any atom is 0.231 e. The Morgan fingerprint density at radius 3 is 2.46 bits per heavy atom. The van der Waals surface area contributed by atoms with Gasteiger partial charge in [0.1, 0.15) is 0 Å². The molecule has 0 spiro atoms. The fraction of sp³-hybridized carbons (Fsp3) is 0.455. The summed E-state index contributed by atoms with van der Waals surface area (Å²) in [5, 5.41) is 0.240. The second kappa shape index (κ2) is 9.65. The maximum atomic E-state index is 5.82. The van der Waals surface area contributed by atoms with Gasteiger partial charge < -0.3 is 14.2 Å². The Kier molecular flexibility index (Phi) is 6.75. The molecule has 28 heavy (non-hydrogen) atoms. The van der Waals surface area contributed by atoms with Crippen LogP contribution in [0, 0.1) is 0 Å². The number of benzene rings is 2. The third-order valence-electron chi connectivity index (χ3n) is 5.20. The molecule has 0 aliphatic carbocycles. The second-order valence-corrected chi connectivity index (χ2v) is 8.15. The molecule has 0 unspecified atom stereocenters. The predicted molar refractivity (Wildman–Crippen MR) is 113 cm³/mol. The first-order chi connectivity index (χ1) is 13.8. The molecule has 0 N–H and O–H groups in total. The lowest BCUT2D eigenvalue weighted by Gasteiger charge is -2.35. The Hall–Kier alpha value is -1.73. The minimum absolute atomic E-state index is 0.240. The number of nitrogens with zero attached hydrogens (tertiary/aromatic N) is 2. The number of hydrogen-bond donors (Lipinski definition) is 1. The third-order valence-corrected chi connectivity index (χ3v) is 5.51. The highest BCUT2D eigenvalue weighted by molar-refractivity contribution is 7.81. The summed E-state index contributed by atoms with van der Waals surface area (Å²) in [5.41, 5.74) is 2.49. The van der Waals surface area contributed by atoms with E-state index >= 15 is 0 Å². The molecule has 6 heteroatoms. The smallest absolute Gasteiger partial charge is 0.231 e. The summed E-state index contributed by atoms with van der Waals surface area (Å²) in [6.07, 6.45) is 0. The third kappa shape index (κ3) is 5.41. The highest BCUT2D eigenvalue weighted by atomic mass is 32.1. The standard InChI is InChI=1S/C22H28N2O3S/c28-20(16-25-15-18-4-2-1-3-5-18)14-24-10-8-23(9-11-24)13-19-6-7-21-22(12-19)27-17-26-21/h1-7,12,20,28H,8-11,13-17H2/t20-/m1/s1. The lowest BCUT2D eigenvalue weighted by atomic mass is 10.1. The zero-order valence-corrected chi connectivity index (χ0v) is 17.0. The van der Waals surface area contributed by atoms with Gasteiger partial charge in [-0.15, -0.1) is 0 Å². The van der Waals surface area contributed by atoms with Crippen LogP contribution in [0.15, 0.2) is 48.5 Å². The Morgan fingerprint density at radius 1 is 0.893 bits per heavy atom. The summed E-state index contributed by atoms with van der Waals surface area (Å²) in [6.45, 7) is 7.86.